The smallest absolute Gasteiger partial charge is 0.135 e. The zero-order valence-corrected chi connectivity index (χ0v) is 16.5. The average Bonchev–Trinajstić information content (AvgIpc) is 3.33. The summed E-state index contributed by atoms with van der Waals surface area (Å²) in [5.41, 5.74) is 3.08. The van der Waals surface area contributed by atoms with Gasteiger partial charge in [0.2, 0.25) is 0 Å². The van der Waals surface area contributed by atoms with E-state index in [2.05, 4.69) is 26.6 Å². The van der Waals surface area contributed by atoms with Crippen LogP contribution in [0.1, 0.15) is 17.8 Å². The summed E-state index contributed by atoms with van der Waals surface area (Å²) in [4.78, 5) is 6.98. The molecule has 150 valence electrons. The molecule has 0 saturated carbocycles. The lowest BCUT2D eigenvalue weighted by Crippen LogP contribution is -2.44. The van der Waals surface area contributed by atoms with Crippen molar-refractivity contribution in [3.8, 4) is 17.0 Å². The SMILES string of the molecule is COc1ccc(CN2CC[C@]3(C2)Cn2c(-c4ccc(F)cc4)cnc2CO3)cc1. The number of hydrogen-bond acceptors (Lipinski definition) is 4. The minimum atomic E-state index is -0.225. The zero-order valence-electron chi connectivity index (χ0n) is 16.5. The third kappa shape index (κ3) is 3.54. The van der Waals surface area contributed by atoms with Gasteiger partial charge in [0.05, 0.1) is 25.5 Å². The first-order chi connectivity index (χ1) is 14.1. The molecule has 1 spiro atoms. The molecule has 2 aromatic carbocycles. The summed E-state index contributed by atoms with van der Waals surface area (Å²) < 4.78 is 27.1. The van der Waals surface area contributed by atoms with Crippen molar-refractivity contribution >= 4 is 0 Å². The van der Waals surface area contributed by atoms with Crippen molar-refractivity contribution in [3.05, 3.63) is 71.9 Å². The summed E-state index contributed by atoms with van der Waals surface area (Å²) in [6, 6.07) is 14.9. The topological polar surface area (TPSA) is 39.5 Å². The number of aromatic nitrogens is 2. The maximum atomic E-state index is 13.3. The van der Waals surface area contributed by atoms with Crippen molar-refractivity contribution in [2.24, 2.45) is 0 Å². The highest BCUT2D eigenvalue weighted by molar-refractivity contribution is 5.59. The van der Waals surface area contributed by atoms with Gasteiger partial charge in [-0.1, -0.05) is 12.1 Å². The van der Waals surface area contributed by atoms with Gasteiger partial charge in [-0.05, 0) is 53.9 Å². The molecule has 0 amide bonds. The van der Waals surface area contributed by atoms with E-state index in [-0.39, 0.29) is 11.4 Å². The van der Waals surface area contributed by atoms with Crippen molar-refractivity contribution in [1.82, 2.24) is 14.5 Å². The van der Waals surface area contributed by atoms with Crippen LogP contribution in [0.25, 0.3) is 11.3 Å². The normalized spacial score (nSPS) is 21.4. The number of fused-ring (bicyclic) bond motifs is 1. The van der Waals surface area contributed by atoms with Gasteiger partial charge in [0.15, 0.2) is 0 Å². The van der Waals surface area contributed by atoms with E-state index in [1.54, 1.807) is 7.11 Å². The van der Waals surface area contributed by atoms with E-state index in [4.69, 9.17) is 9.47 Å². The van der Waals surface area contributed by atoms with Gasteiger partial charge in [0, 0.05) is 19.6 Å². The molecule has 2 aliphatic rings. The second-order valence-electron chi connectivity index (χ2n) is 7.93. The van der Waals surface area contributed by atoms with Gasteiger partial charge in [-0.15, -0.1) is 0 Å². The Morgan fingerprint density at radius 1 is 1.10 bits per heavy atom. The quantitative estimate of drug-likeness (QED) is 0.675. The van der Waals surface area contributed by atoms with Crippen LogP contribution in [0, 0.1) is 5.82 Å². The van der Waals surface area contributed by atoms with Crippen molar-refractivity contribution in [3.63, 3.8) is 0 Å². The molecule has 6 heteroatoms. The van der Waals surface area contributed by atoms with Crippen LogP contribution in [0.5, 0.6) is 5.75 Å². The lowest BCUT2D eigenvalue weighted by atomic mass is 10.0. The Labute approximate surface area is 169 Å². The lowest BCUT2D eigenvalue weighted by Gasteiger charge is -2.35. The van der Waals surface area contributed by atoms with Gasteiger partial charge in [0.1, 0.15) is 29.6 Å². The molecule has 0 unspecified atom stereocenters. The molecule has 1 saturated heterocycles. The Hall–Kier alpha value is -2.70. The number of benzene rings is 2. The van der Waals surface area contributed by atoms with Crippen molar-refractivity contribution in [2.75, 3.05) is 20.2 Å². The maximum absolute atomic E-state index is 13.3. The molecule has 1 fully saturated rings. The van der Waals surface area contributed by atoms with Crippen molar-refractivity contribution < 1.29 is 13.9 Å². The highest BCUT2D eigenvalue weighted by Crippen LogP contribution is 2.35. The summed E-state index contributed by atoms with van der Waals surface area (Å²) in [5, 5.41) is 0. The number of halogens is 1. The number of rotatable bonds is 4. The third-order valence-electron chi connectivity index (χ3n) is 5.99. The van der Waals surface area contributed by atoms with E-state index in [1.165, 1.54) is 17.7 Å². The minimum absolute atomic E-state index is 0.199. The molecule has 3 heterocycles. The Morgan fingerprint density at radius 2 is 1.90 bits per heavy atom. The summed E-state index contributed by atoms with van der Waals surface area (Å²) >= 11 is 0. The summed E-state index contributed by atoms with van der Waals surface area (Å²) in [6.07, 6.45) is 2.86. The second kappa shape index (κ2) is 7.28. The number of imidazole rings is 1. The number of ether oxygens (including phenoxy) is 2. The largest absolute Gasteiger partial charge is 0.497 e. The Morgan fingerprint density at radius 3 is 2.66 bits per heavy atom. The summed E-state index contributed by atoms with van der Waals surface area (Å²) in [5.74, 6) is 1.59. The van der Waals surface area contributed by atoms with Crippen LogP contribution < -0.4 is 4.74 Å². The molecule has 1 atom stereocenters. The van der Waals surface area contributed by atoms with Gasteiger partial charge >= 0.3 is 0 Å². The second-order valence-corrected chi connectivity index (χ2v) is 7.93. The van der Waals surface area contributed by atoms with E-state index in [9.17, 15) is 4.39 Å². The molecule has 5 nitrogen and oxygen atoms in total. The zero-order chi connectivity index (χ0) is 19.8. The number of methoxy groups -OCH3 is 1. The fraction of sp³-hybridized carbons (Fsp3) is 0.348. The van der Waals surface area contributed by atoms with E-state index in [1.807, 2.05) is 30.5 Å². The van der Waals surface area contributed by atoms with Crippen LogP contribution in [0.15, 0.2) is 54.7 Å². The van der Waals surface area contributed by atoms with E-state index >= 15 is 0 Å². The van der Waals surface area contributed by atoms with Gasteiger partial charge < -0.3 is 14.0 Å². The van der Waals surface area contributed by atoms with Gasteiger partial charge in [-0.2, -0.15) is 0 Å². The fourth-order valence-electron chi connectivity index (χ4n) is 4.41. The van der Waals surface area contributed by atoms with E-state index in [0.29, 0.717) is 6.61 Å². The number of hydrogen-bond donors (Lipinski definition) is 0. The fourth-order valence-corrected chi connectivity index (χ4v) is 4.41. The number of likely N-dealkylation sites (tertiary alicyclic amines) is 1. The maximum Gasteiger partial charge on any atom is 0.135 e. The molecule has 0 N–H and O–H groups in total. The van der Waals surface area contributed by atoms with Crippen LogP contribution in [-0.2, 0) is 24.4 Å². The Bertz CT molecular complexity index is 1000. The first kappa shape index (κ1) is 18.3. The van der Waals surface area contributed by atoms with Gasteiger partial charge in [-0.3, -0.25) is 4.90 Å². The molecule has 0 aliphatic carbocycles. The van der Waals surface area contributed by atoms with Crippen LogP contribution in [-0.4, -0.2) is 40.3 Å². The third-order valence-corrected chi connectivity index (χ3v) is 5.99. The molecular weight excluding hydrogens is 369 g/mol. The lowest BCUT2D eigenvalue weighted by molar-refractivity contribution is -0.0821. The molecule has 5 rings (SSSR count). The van der Waals surface area contributed by atoms with E-state index in [0.717, 1.165) is 55.4 Å². The first-order valence-electron chi connectivity index (χ1n) is 9.94. The van der Waals surface area contributed by atoms with Gasteiger partial charge in [-0.25, -0.2) is 9.37 Å². The average molecular weight is 393 g/mol. The van der Waals surface area contributed by atoms with Crippen LogP contribution in [0.3, 0.4) is 0 Å². The predicted octanol–water partition coefficient (Wildman–Crippen LogP) is 3.87. The van der Waals surface area contributed by atoms with Crippen LogP contribution in [0.2, 0.25) is 0 Å². The molecule has 3 aromatic rings. The molecule has 29 heavy (non-hydrogen) atoms. The van der Waals surface area contributed by atoms with E-state index < -0.39 is 0 Å². The van der Waals surface area contributed by atoms with Crippen LogP contribution >= 0.6 is 0 Å². The highest BCUT2D eigenvalue weighted by atomic mass is 19.1. The monoisotopic (exact) mass is 393 g/mol. The molecule has 2 aliphatic heterocycles. The Kier molecular flexibility index (Phi) is 4.60. The number of nitrogens with zero attached hydrogens (tertiary/aromatic N) is 3. The standard InChI is InChI=1S/C23H24FN3O2/c1-28-20-8-2-17(3-9-20)13-26-11-10-23(15-26)16-27-21(12-25-22(27)14-29-23)18-4-6-19(24)7-5-18/h2-9,12H,10-11,13-16H2,1H3/t23-/m0/s1. The van der Waals surface area contributed by atoms with Gasteiger partial charge in [0.25, 0.3) is 0 Å². The summed E-state index contributed by atoms with van der Waals surface area (Å²) in [6.45, 7) is 4.07. The predicted molar refractivity (Wildman–Crippen MR) is 108 cm³/mol. The first-order valence-corrected chi connectivity index (χ1v) is 9.94. The molecule has 1 aromatic heterocycles. The Balaban J connectivity index is 1.32. The minimum Gasteiger partial charge on any atom is -0.497 e. The summed E-state index contributed by atoms with van der Waals surface area (Å²) in [7, 11) is 1.68. The van der Waals surface area contributed by atoms with Crippen molar-refractivity contribution in [2.45, 2.75) is 31.7 Å². The van der Waals surface area contributed by atoms with Crippen LogP contribution in [0.4, 0.5) is 4.39 Å². The molecule has 0 bridgehead atoms. The van der Waals surface area contributed by atoms with Crippen molar-refractivity contribution in [1.29, 1.82) is 0 Å². The molecular formula is C23H24FN3O2. The highest BCUT2D eigenvalue weighted by Gasteiger charge is 2.43. The molecule has 0 radical (unpaired) electrons.